The average Bonchev–Trinajstić information content (AvgIpc) is 2.88. The van der Waals surface area contributed by atoms with Gasteiger partial charge in [0, 0.05) is 42.7 Å². The number of ether oxygens (including phenoxy) is 1. The quantitative estimate of drug-likeness (QED) is 0.410. The molecule has 0 unspecified atom stereocenters. The van der Waals surface area contributed by atoms with Crippen molar-refractivity contribution >= 4 is 5.97 Å². The van der Waals surface area contributed by atoms with Gasteiger partial charge in [0.2, 0.25) is 0 Å². The second kappa shape index (κ2) is 11.3. The Hall–Kier alpha value is -2.17. The molecule has 0 heterocycles. The summed E-state index contributed by atoms with van der Waals surface area (Å²) in [5.41, 5.74) is 1.12. The second-order valence-electron chi connectivity index (χ2n) is 7.21. The largest absolute Gasteiger partial charge is 0.426 e. The number of nitrogens with zero attached hydrogens (tertiary/aromatic N) is 1. The molecular formula is C26H37NO3. The second-order valence-corrected chi connectivity index (χ2v) is 7.21. The van der Waals surface area contributed by atoms with Crippen LogP contribution in [0.5, 0.6) is 5.75 Å². The molecule has 2 aromatic carbocycles. The summed E-state index contributed by atoms with van der Waals surface area (Å²) < 4.78 is 119. The van der Waals surface area contributed by atoms with E-state index < -0.39 is 76.8 Å². The normalized spacial score (nSPS) is 22.0. The summed E-state index contributed by atoms with van der Waals surface area (Å²) in [6.07, 6.45) is -0.426. The third kappa shape index (κ3) is 6.41. The van der Waals surface area contributed by atoms with Crippen molar-refractivity contribution in [1.29, 1.82) is 0 Å². The fourth-order valence-electron chi connectivity index (χ4n) is 3.07. The molecule has 2 aromatic rings. The Balaban J connectivity index is 2.92. The Morgan fingerprint density at radius 1 is 1.10 bits per heavy atom. The van der Waals surface area contributed by atoms with E-state index in [1.54, 1.807) is 44.2 Å². The van der Waals surface area contributed by atoms with Gasteiger partial charge >= 0.3 is 5.97 Å². The maximum absolute atomic E-state index is 12.6. The van der Waals surface area contributed by atoms with Gasteiger partial charge in [-0.1, -0.05) is 50.2 Å². The lowest BCUT2D eigenvalue weighted by Crippen LogP contribution is -2.38. The van der Waals surface area contributed by atoms with Crippen LogP contribution in [0, 0.1) is 5.92 Å². The molecule has 164 valence electrons. The first-order valence-corrected chi connectivity index (χ1v) is 9.62. The first-order valence-electron chi connectivity index (χ1n) is 16.6. The van der Waals surface area contributed by atoms with Crippen LogP contribution in [0.25, 0.3) is 0 Å². The Labute approximate surface area is 201 Å². The highest BCUT2D eigenvalue weighted by Crippen LogP contribution is 2.36. The SMILES string of the molecule is [2H]C([2H])([2H])C([2H])(N(CC[C@H](c1ccccc1)c1cc(CO)ccc1OC(=O)C(C)C)C([2H])(C([2H])([2H])[2H])C([2H])([2H])[2H])C([2H])([2H])[2H]. The van der Waals surface area contributed by atoms with E-state index >= 15 is 0 Å². The van der Waals surface area contributed by atoms with Crippen molar-refractivity contribution < 1.29 is 33.8 Å². The smallest absolute Gasteiger partial charge is 0.313 e. The van der Waals surface area contributed by atoms with Crippen LogP contribution in [-0.4, -0.2) is 34.6 Å². The van der Waals surface area contributed by atoms with E-state index in [-0.39, 0.29) is 16.2 Å². The van der Waals surface area contributed by atoms with Crippen LogP contribution in [0.4, 0.5) is 0 Å². The van der Waals surface area contributed by atoms with Crippen LogP contribution in [0.2, 0.25) is 0 Å². The molecule has 2 rings (SSSR count). The van der Waals surface area contributed by atoms with Gasteiger partial charge in [0.05, 0.1) is 12.5 Å². The first kappa shape index (κ1) is 10.9. The van der Waals surface area contributed by atoms with Gasteiger partial charge in [0.1, 0.15) is 5.75 Å². The molecule has 1 N–H and O–H groups in total. The molecule has 0 saturated carbocycles. The van der Waals surface area contributed by atoms with Crippen LogP contribution < -0.4 is 4.74 Å². The number of aliphatic hydroxyl groups is 1. The van der Waals surface area contributed by atoms with Crippen molar-refractivity contribution in [3.63, 3.8) is 0 Å². The van der Waals surface area contributed by atoms with E-state index in [1.165, 1.54) is 18.2 Å². The molecule has 4 nitrogen and oxygen atoms in total. The van der Waals surface area contributed by atoms with E-state index in [9.17, 15) is 9.90 Å². The highest BCUT2D eigenvalue weighted by molar-refractivity contribution is 5.75. The number of hydrogen-bond acceptors (Lipinski definition) is 4. The fraction of sp³-hybridized carbons (Fsp3) is 0.500. The van der Waals surface area contributed by atoms with Crippen LogP contribution in [0.1, 0.15) is 89.5 Å². The molecule has 0 saturated heterocycles. The molecule has 0 aliphatic rings. The molecule has 1 atom stereocenters. The Kier molecular flexibility index (Phi) is 4.11. The summed E-state index contributed by atoms with van der Waals surface area (Å²) in [6, 6.07) is 4.96. The van der Waals surface area contributed by atoms with E-state index in [2.05, 4.69) is 0 Å². The molecular weight excluding hydrogens is 374 g/mol. The van der Waals surface area contributed by atoms with Gasteiger partial charge in [0.15, 0.2) is 0 Å². The highest BCUT2D eigenvalue weighted by Gasteiger charge is 2.23. The first-order chi connectivity index (χ1) is 19.8. The van der Waals surface area contributed by atoms with Crippen molar-refractivity contribution in [3.05, 3.63) is 65.2 Å². The predicted octanol–water partition coefficient (Wildman–Crippen LogP) is 5.38. The molecule has 0 aromatic heterocycles. The molecule has 0 radical (unpaired) electrons. The summed E-state index contributed by atoms with van der Waals surface area (Å²) in [5, 5.41) is 9.85. The Morgan fingerprint density at radius 3 is 2.33 bits per heavy atom. The molecule has 4 heteroatoms. The number of carbonyl (C=O) groups excluding carboxylic acids is 1. The molecule has 0 amide bonds. The van der Waals surface area contributed by atoms with Crippen molar-refractivity contribution in [2.24, 2.45) is 5.92 Å². The zero-order chi connectivity index (χ0) is 34.1. The monoisotopic (exact) mass is 425 g/mol. The third-order valence-corrected chi connectivity index (χ3v) is 4.70. The lowest BCUT2D eigenvalue weighted by molar-refractivity contribution is -0.137. The minimum atomic E-state index is -3.86. The zero-order valence-corrected chi connectivity index (χ0v) is 17.1. The van der Waals surface area contributed by atoms with E-state index in [0.717, 1.165) is 0 Å². The number of aliphatic hydroxyl groups excluding tert-OH is 1. The number of esters is 1. The summed E-state index contributed by atoms with van der Waals surface area (Å²) in [4.78, 5) is 12.5. The number of rotatable bonds is 10. The summed E-state index contributed by atoms with van der Waals surface area (Å²) in [6.45, 7) is -13.4. The standard InChI is InChI=1S/C26H37NO3/c1-18(2)26(29)30-25-13-12-21(17-28)16-24(25)23(22-10-8-7-9-11-22)14-15-27(19(3)4)20(5)6/h7-13,16,18-20,23,28H,14-15,17H2,1-6H3/t23-/m1/s1/i3D3,4D3,5D3,6D3,19D,20D. The van der Waals surface area contributed by atoms with Gasteiger partial charge in [-0.2, -0.15) is 0 Å². The lowest BCUT2D eigenvalue weighted by Gasteiger charge is -2.32. The van der Waals surface area contributed by atoms with Gasteiger partial charge in [-0.05, 0) is 63.6 Å². The highest BCUT2D eigenvalue weighted by atomic mass is 16.5. The maximum Gasteiger partial charge on any atom is 0.313 e. The minimum Gasteiger partial charge on any atom is -0.426 e. The molecule has 0 bridgehead atoms. The predicted molar refractivity (Wildman–Crippen MR) is 123 cm³/mol. The van der Waals surface area contributed by atoms with Crippen molar-refractivity contribution in [2.45, 2.75) is 72.2 Å². The van der Waals surface area contributed by atoms with Gasteiger partial charge in [-0.25, -0.2) is 0 Å². The van der Waals surface area contributed by atoms with E-state index in [0.29, 0.717) is 11.1 Å². The van der Waals surface area contributed by atoms with Gasteiger partial charge in [0.25, 0.3) is 0 Å². The van der Waals surface area contributed by atoms with Crippen LogP contribution >= 0.6 is 0 Å². The number of hydrogen-bond donors (Lipinski definition) is 1. The van der Waals surface area contributed by atoms with Crippen molar-refractivity contribution in [1.82, 2.24) is 4.90 Å². The number of carbonyl (C=O) groups is 1. The number of benzene rings is 2. The van der Waals surface area contributed by atoms with Gasteiger partial charge in [-0.15, -0.1) is 0 Å². The van der Waals surface area contributed by atoms with Gasteiger partial charge in [-0.3, -0.25) is 9.69 Å². The molecule has 0 aliphatic heterocycles. The third-order valence-electron chi connectivity index (χ3n) is 4.70. The Morgan fingerprint density at radius 2 is 1.77 bits per heavy atom. The van der Waals surface area contributed by atoms with Gasteiger partial charge < -0.3 is 9.84 Å². The Bertz CT molecular complexity index is 1200. The topological polar surface area (TPSA) is 49.8 Å². The average molecular weight is 426 g/mol. The maximum atomic E-state index is 12.6. The summed E-state index contributed by atoms with van der Waals surface area (Å²) in [5.74, 6) is -2.07. The van der Waals surface area contributed by atoms with Crippen LogP contribution in [0.15, 0.2) is 48.5 Å². The zero-order valence-electron chi connectivity index (χ0n) is 31.1. The van der Waals surface area contributed by atoms with Crippen molar-refractivity contribution in [3.8, 4) is 5.75 Å². The molecule has 0 fully saturated rings. The summed E-state index contributed by atoms with van der Waals surface area (Å²) >= 11 is 0. The van der Waals surface area contributed by atoms with E-state index in [4.69, 9.17) is 23.9 Å². The summed E-state index contributed by atoms with van der Waals surface area (Å²) in [7, 11) is 0. The van der Waals surface area contributed by atoms with Crippen LogP contribution in [-0.2, 0) is 11.4 Å². The molecule has 30 heavy (non-hydrogen) atoms. The van der Waals surface area contributed by atoms with Crippen molar-refractivity contribution in [2.75, 3.05) is 6.54 Å². The lowest BCUT2D eigenvalue weighted by atomic mass is 9.86. The van der Waals surface area contributed by atoms with E-state index in [1.807, 2.05) is 0 Å². The fourth-order valence-corrected chi connectivity index (χ4v) is 3.07. The van der Waals surface area contributed by atoms with Crippen LogP contribution in [0.3, 0.4) is 0 Å². The molecule has 0 spiro atoms. The minimum absolute atomic E-state index is 0.0360. The molecule has 0 aliphatic carbocycles.